The molecule has 5 nitrogen and oxygen atoms in total. The summed E-state index contributed by atoms with van der Waals surface area (Å²) in [7, 11) is 0. The molecule has 11 heteroatoms. The van der Waals surface area contributed by atoms with Gasteiger partial charge in [-0.15, -0.1) is 0 Å². The Labute approximate surface area is 178 Å². The van der Waals surface area contributed by atoms with Crippen molar-refractivity contribution >= 4 is 35.0 Å². The van der Waals surface area contributed by atoms with Gasteiger partial charge >= 0.3 is 6.18 Å². The van der Waals surface area contributed by atoms with Crippen LogP contribution in [-0.4, -0.2) is 29.1 Å². The number of amidine groups is 1. The molecule has 0 aliphatic carbocycles. The Hall–Kier alpha value is -2.39. The minimum Gasteiger partial charge on any atom is -0.452 e. The Morgan fingerprint density at radius 2 is 2.03 bits per heavy atom. The molecule has 0 bridgehead atoms. The average molecular weight is 464 g/mol. The van der Waals surface area contributed by atoms with E-state index in [0.29, 0.717) is 5.02 Å². The lowest BCUT2D eigenvalue weighted by Crippen LogP contribution is -2.46. The van der Waals surface area contributed by atoms with Crippen molar-refractivity contribution in [3.8, 4) is 0 Å². The third-order valence-electron chi connectivity index (χ3n) is 4.61. The van der Waals surface area contributed by atoms with Crippen LogP contribution in [0.4, 0.5) is 17.6 Å². The lowest BCUT2D eigenvalue weighted by molar-refractivity contribution is -0.208. The predicted molar refractivity (Wildman–Crippen MR) is 103 cm³/mol. The number of Topliss-reactive ketones (excluding diaryl/α,β-unsaturated/α-hetero) is 1. The maximum atomic E-state index is 14.5. The molecule has 2 atom stereocenters. The summed E-state index contributed by atoms with van der Waals surface area (Å²) in [6, 6.07) is 4.59. The molecule has 2 heterocycles. The number of ketones is 1. The van der Waals surface area contributed by atoms with Crippen LogP contribution in [0.2, 0.25) is 10.0 Å². The Balaban J connectivity index is 1.97. The van der Waals surface area contributed by atoms with Crippen molar-refractivity contribution < 1.29 is 27.1 Å². The van der Waals surface area contributed by atoms with E-state index in [1.54, 1.807) is 0 Å². The Morgan fingerprint density at radius 3 is 2.63 bits per heavy atom. The predicted octanol–water partition coefficient (Wildman–Crippen LogP) is 4.83. The van der Waals surface area contributed by atoms with Crippen LogP contribution in [0.25, 0.3) is 0 Å². The highest BCUT2D eigenvalue weighted by molar-refractivity contribution is 6.31. The number of hydrogen-bond acceptors (Lipinski definition) is 5. The van der Waals surface area contributed by atoms with E-state index in [1.165, 1.54) is 31.3 Å². The number of halogens is 6. The maximum absolute atomic E-state index is 14.5. The Bertz CT molecular complexity index is 1010. The minimum atomic E-state index is -4.71. The summed E-state index contributed by atoms with van der Waals surface area (Å²) >= 11 is 11.8. The molecule has 0 spiro atoms. The molecular formula is C19H15Cl2F4N3O2. The van der Waals surface area contributed by atoms with Gasteiger partial charge in [-0.1, -0.05) is 29.3 Å². The highest BCUT2D eigenvalue weighted by Gasteiger charge is 2.50. The maximum Gasteiger partial charge on any atom is 0.425 e. The van der Waals surface area contributed by atoms with Gasteiger partial charge in [0.25, 0.3) is 6.02 Å². The van der Waals surface area contributed by atoms with E-state index >= 15 is 0 Å². The number of nitrogens with zero attached hydrogens (tertiary/aromatic N) is 2. The normalized spacial score (nSPS) is 21.7. The molecule has 0 fully saturated rings. The zero-order valence-electron chi connectivity index (χ0n) is 15.4. The topological polar surface area (TPSA) is 77.6 Å². The van der Waals surface area contributed by atoms with E-state index in [0.717, 1.165) is 6.07 Å². The highest BCUT2D eigenvalue weighted by Crippen LogP contribution is 2.43. The summed E-state index contributed by atoms with van der Waals surface area (Å²) in [5.74, 6) is -1.33. The number of aliphatic imine (C=N–C) groups is 1. The first-order valence-corrected chi connectivity index (χ1v) is 9.36. The first-order valence-electron chi connectivity index (χ1n) is 8.61. The number of ether oxygens (including phenoxy) is 1. The van der Waals surface area contributed by atoms with Gasteiger partial charge in [-0.25, -0.2) is 9.38 Å². The summed E-state index contributed by atoms with van der Waals surface area (Å²) in [6.45, 7) is 1.34. The average Bonchev–Trinajstić information content (AvgIpc) is 2.63. The van der Waals surface area contributed by atoms with Gasteiger partial charge in [-0.3, -0.25) is 9.78 Å². The van der Waals surface area contributed by atoms with Crippen molar-refractivity contribution in [1.29, 1.82) is 0 Å². The fraction of sp³-hybridized carbons (Fsp3) is 0.316. The zero-order chi connectivity index (χ0) is 22.3. The molecule has 0 saturated carbocycles. The molecule has 0 unspecified atom stereocenters. The van der Waals surface area contributed by atoms with Crippen LogP contribution >= 0.6 is 23.2 Å². The van der Waals surface area contributed by atoms with E-state index in [1.807, 2.05) is 0 Å². The largest absolute Gasteiger partial charge is 0.452 e. The Kier molecular flexibility index (Phi) is 5.97. The minimum absolute atomic E-state index is 0.0310. The van der Waals surface area contributed by atoms with Gasteiger partial charge < -0.3 is 10.5 Å². The first kappa shape index (κ1) is 22.3. The molecule has 30 heavy (non-hydrogen) atoms. The van der Waals surface area contributed by atoms with Crippen LogP contribution in [-0.2, 0) is 16.7 Å². The molecule has 0 amide bonds. The number of pyridine rings is 1. The fourth-order valence-corrected chi connectivity index (χ4v) is 3.60. The molecule has 1 aromatic carbocycles. The molecule has 1 aromatic heterocycles. The number of alkyl halides is 3. The van der Waals surface area contributed by atoms with Crippen molar-refractivity contribution in [3.05, 3.63) is 63.1 Å². The first-order chi connectivity index (χ1) is 13.9. The number of rotatable bonds is 4. The fourth-order valence-electron chi connectivity index (χ4n) is 3.17. The number of carbonyl (C=O) groups is 1. The molecule has 3 rings (SSSR count). The van der Waals surface area contributed by atoms with Crippen LogP contribution in [0.15, 0.2) is 35.5 Å². The smallest absolute Gasteiger partial charge is 0.425 e. The standard InChI is InChI=1S/C19H15Cl2F4N3O2/c1-18(7-15(19(23,24)25)30-17(26)28-18)11-4-9(5-12(22)16(11)21)6-14(29)13-3-2-10(20)8-27-13/h2-5,8,15H,6-7H2,1H3,(H2,26,28)/t15-,18-/m0/s1. The molecule has 0 saturated heterocycles. The summed E-state index contributed by atoms with van der Waals surface area (Å²) in [6.07, 6.45) is -6.57. The van der Waals surface area contributed by atoms with Crippen LogP contribution in [0.5, 0.6) is 0 Å². The second-order valence-corrected chi connectivity index (χ2v) is 7.79. The number of nitrogens with two attached hydrogens (primary N) is 1. The van der Waals surface area contributed by atoms with E-state index in [4.69, 9.17) is 28.9 Å². The van der Waals surface area contributed by atoms with Gasteiger partial charge in [0.15, 0.2) is 11.9 Å². The third kappa shape index (κ3) is 4.67. The SMILES string of the molecule is C[C@@]1(c2cc(CC(=O)c3ccc(Cl)cn3)cc(F)c2Cl)C[C@@H](C(F)(F)F)OC(N)=N1. The second kappa shape index (κ2) is 8.03. The molecular weight excluding hydrogens is 449 g/mol. The summed E-state index contributed by atoms with van der Waals surface area (Å²) < 4.78 is 58.7. The molecule has 1 aliphatic heterocycles. The third-order valence-corrected chi connectivity index (χ3v) is 5.22. The van der Waals surface area contributed by atoms with Gasteiger partial charge in [-0.2, -0.15) is 13.2 Å². The summed E-state index contributed by atoms with van der Waals surface area (Å²) in [5, 5.41) is -0.0637. The number of benzene rings is 1. The number of carbonyl (C=O) groups excluding carboxylic acids is 1. The van der Waals surface area contributed by atoms with Crippen molar-refractivity contribution in [3.63, 3.8) is 0 Å². The molecule has 2 aromatic rings. The van der Waals surface area contributed by atoms with Gasteiger partial charge in [0, 0.05) is 24.6 Å². The van der Waals surface area contributed by atoms with Crippen LogP contribution < -0.4 is 5.73 Å². The number of hydrogen-bond donors (Lipinski definition) is 1. The van der Waals surface area contributed by atoms with Crippen molar-refractivity contribution in [2.75, 3.05) is 0 Å². The van der Waals surface area contributed by atoms with Crippen molar-refractivity contribution in [2.24, 2.45) is 10.7 Å². The molecule has 1 aliphatic rings. The lowest BCUT2D eigenvalue weighted by atomic mass is 9.84. The summed E-state index contributed by atoms with van der Waals surface area (Å²) in [5.41, 5.74) is 4.10. The molecule has 2 N–H and O–H groups in total. The van der Waals surface area contributed by atoms with Gasteiger partial charge in [0.1, 0.15) is 11.5 Å². The zero-order valence-corrected chi connectivity index (χ0v) is 16.9. The highest BCUT2D eigenvalue weighted by atomic mass is 35.5. The van der Waals surface area contributed by atoms with E-state index in [-0.39, 0.29) is 23.2 Å². The van der Waals surface area contributed by atoms with Gasteiger partial charge in [0.05, 0.1) is 15.6 Å². The van der Waals surface area contributed by atoms with E-state index in [9.17, 15) is 22.4 Å². The van der Waals surface area contributed by atoms with Crippen molar-refractivity contribution in [2.45, 2.75) is 37.6 Å². The number of aromatic nitrogens is 1. The Morgan fingerprint density at radius 1 is 1.33 bits per heavy atom. The molecule has 0 radical (unpaired) electrons. The van der Waals surface area contributed by atoms with Gasteiger partial charge in [0.2, 0.25) is 0 Å². The van der Waals surface area contributed by atoms with Crippen LogP contribution in [0, 0.1) is 5.82 Å². The van der Waals surface area contributed by atoms with Crippen LogP contribution in [0.3, 0.4) is 0 Å². The van der Waals surface area contributed by atoms with Crippen molar-refractivity contribution in [1.82, 2.24) is 4.98 Å². The van der Waals surface area contributed by atoms with E-state index < -0.39 is 46.9 Å². The molecule has 160 valence electrons. The monoisotopic (exact) mass is 463 g/mol. The van der Waals surface area contributed by atoms with Crippen LogP contribution in [0.1, 0.15) is 35.0 Å². The van der Waals surface area contributed by atoms with E-state index in [2.05, 4.69) is 14.7 Å². The van der Waals surface area contributed by atoms with Gasteiger partial charge in [-0.05, 0) is 30.7 Å². The second-order valence-electron chi connectivity index (χ2n) is 6.98. The summed E-state index contributed by atoms with van der Waals surface area (Å²) in [4.78, 5) is 20.3. The quantitative estimate of drug-likeness (QED) is 0.520. The lowest BCUT2D eigenvalue weighted by Gasteiger charge is -2.36.